The molecule has 0 bridgehead atoms. The predicted octanol–water partition coefficient (Wildman–Crippen LogP) is 2.36. The van der Waals surface area contributed by atoms with Crippen LogP contribution >= 0.6 is 0 Å². The monoisotopic (exact) mass is 245 g/mol. The number of rotatable bonds is 2. The van der Waals surface area contributed by atoms with E-state index in [9.17, 15) is 9.59 Å². The lowest BCUT2D eigenvalue weighted by Crippen LogP contribution is -2.55. The van der Waals surface area contributed by atoms with Gasteiger partial charge in [-0.3, -0.25) is 9.69 Å². The summed E-state index contributed by atoms with van der Waals surface area (Å²) in [5, 5.41) is 0. The van der Waals surface area contributed by atoms with Crippen molar-refractivity contribution in [2.75, 3.05) is 12.0 Å². The molecule has 4 heteroatoms. The number of benzene rings is 1. The van der Waals surface area contributed by atoms with E-state index in [4.69, 9.17) is 0 Å². The van der Waals surface area contributed by atoms with Crippen molar-refractivity contribution < 1.29 is 14.3 Å². The van der Waals surface area contributed by atoms with Gasteiger partial charge >= 0.3 is 5.97 Å². The third-order valence-electron chi connectivity index (χ3n) is 3.28. The van der Waals surface area contributed by atoms with Gasteiger partial charge < -0.3 is 4.74 Å². The SMILES string of the molecule is C=C1N(c2ccc(C(=O)OC)cc2)C(=O)C1(C)C. The number of carbonyl (C=O) groups is 2. The van der Waals surface area contributed by atoms with E-state index in [0.29, 0.717) is 5.56 Å². The summed E-state index contributed by atoms with van der Waals surface area (Å²) in [7, 11) is 1.33. The molecule has 4 nitrogen and oxygen atoms in total. The largest absolute Gasteiger partial charge is 0.465 e. The van der Waals surface area contributed by atoms with Crippen molar-refractivity contribution in [1.29, 1.82) is 0 Å². The first-order valence-corrected chi connectivity index (χ1v) is 5.62. The summed E-state index contributed by atoms with van der Waals surface area (Å²) in [6.45, 7) is 7.60. The summed E-state index contributed by atoms with van der Waals surface area (Å²) in [5.74, 6) is -0.381. The van der Waals surface area contributed by atoms with Crippen molar-refractivity contribution in [2.45, 2.75) is 13.8 Å². The molecule has 0 radical (unpaired) electrons. The highest BCUT2D eigenvalue weighted by atomic mass is 16.5. The Balaban J connectivity index is 2.25. The van der Waals surface area contributed by atoms with Gasteiger partial charge in [-0.05, 0) is 38.1 Å². The van der Waals surface area contributed by atoms with E-state index in [2.05, 4.69) is 11.3 Å². The second-order valence-electron chi connectivity index (χ2n) is 4.75. The molecule has 0 spiro atoms. The number of hydrogen-bond donors (Lipinski definition) is 0. The molecule has 1 amide bonds. The summed E-state index contributed by atoms with van der Waals surface area (Å²) in [4.78, 5) is 24.8. The molecule has 1 fully saturated rings. The molecule has 1 heterocycles. The van der Waals surface area contributed by atoms with E-state index >= 15 is 0 Å². The number of nitrogens with zero attached hydrogens (tertiary/aromatic N) is 1. The second-order valence-corrected chi connectivity index (χ2v) is 4.75. The minimum atomic E-state index is -0.499. The lowest BCUT2D eigenvalue weighted by atomic mass is 9.79. The predicted molar refractivity (Wildman–Crippen MR) is 68.2 cm³/mol. The van der Waals surface area contributed by atoms with E-state index < -0.39 is 11.4 Å². The van der Waals surface area contributed by atoms with Gasteiger partial charge in [0.15, 0.2) is 0 Å². The fourth-order valence-electron chi connectivity index (χ4n) is 1.89. The molecular formula is C14H15NO3. The van der Waals surface area contributed by atoms with Crippen molar-refractivity contribution in [3.8, 4) is 0 Å². The molecule has 0 aliphatic carbocycles. The zero-order valence-corrected chi connectivity index (χ0v) is 10.7. The summed E-state index contributed by atoms with van der Waals surface area (Å²) in [5.41, 5.74) is 1.44. The number of anilines is 1. The van der Waals surface area contributed by atoms with E-state index in [-0.39, 0.29) is 5.91 Å². The zero-order chi connectivity index (χ0) is 13.5. The van der Waals surface area contributed by atoms with Gasteiger partial charge in [-0.15, -0.1) is 0 Å². The summed E-state index contributed by atoms with van der Waals surface area (Å²) < 4.78 is 4.62. The van der Waals surface area contributed by atoms with Gasteiger partial charge in [-0.2, -0.15) is 0 Å². The molecule has 0 unspecified atom stereocenters. The van der Waals surface area contributed by atoms with Crippen LogP contribution in [0.4, 0.5) is 5.69 Å². The highest BCUT2D eigenvalue weighted by molar-refractivity contribution is 6.10. The van der Waals surface area contributed by atoms with Crippen LogP contribution in [0, 0.1) is 5.41 Å². The normalized spacial score (nSPS) is 17.4. The summed E-state index contributed by atoms with van der Waals surface area (Å²) >= 11 is 0. The average Bonchev–Trinajstić information content (AvgIpc) is 2.39. The number of esters is 1. The van der Waals surface area contributed by atoms with Crippen LogP contribution in [0.1, 0.15) is 24.2 Å². The Morgan fingerprint density at radius 3 is 2.28 bits per heavy atom. The molecule has 0 atom stereocenters. The Kier molecular flexibility index (Phi) is 2.73. The van der Waals surface area contributed by atoms with Gasteiger partial charge in [0, 0.05) is 11.4 Å². The molecule has 94 valence electrons. The third kappa shape index (κ3) is 1.61. The van der Waals surface area contributed by atoms with Crippen LogP contribution in [0.2, 0.25) is 0 Å². The van der Waals surface area contributed by atoms with Crippen LogP contribution in [0.3, 0.4) is 0 Å². The first-order valence-electron chi connectivity index (χ1n) is 5.62. The van der Waals surface area contributed by atoms with E-state index in [1.54, 1.807) is 29.2 Å². The Bertz CT molecular complexity index is 510. The van der Waals surface area contributed by atoms with E-state index in [1.807, 2.05) is 13.8 Å². The molecule has 1 saturated heterocycles. The minimum absolute atomic E-state index is 0.0123. The van der Waals surface area contributed by atoms with Crippen LogP contribution in [0.25, 0.3) is 0 Å². The Morgan fingerprint density at radius 1 is 1.28 bits per heavy atom. The van der Waals surface area contributed by atoms with Gasteiger partial charge in [0.25, 0.3) is 0 Å². The topological polar surface area (TPSA) is 46.6 Å². The molecule has 18 heavy (non-hydrogen) atoms. The standard InChI is InChI=1S/C14H15NO3/c1-9-14(2,3)13(17)15(9)11-7-5-10(6-8-11)12(16)18-4/h5-8H,1H2,2-4H3. The molecule has 0 aromatic heterocycles. The Hall–Kier alpha value is -2.10. The Morgan fingerprint density at radius 2 is 1.83 bits per heavy atom. The second kappa shape index (κ2) is 3.98. The van der Waals surface area contributed by atoms with Crippen molar-refractivity contribution in [1.82, 2.24) is 0 Å². The van der Waals surface area contributed by atoms with Crippen molar-refractivity contribution in [2.24, 2.45) is 5.41 Å². The first kappa shape index (κ1) is 12.4. The van der Waals surface area contributed by atoms with Gasteiger partial charge in [0.1, 0.15) is 0 Å². The number of ether oxygens (including phenoxy) is 1. The maximum absolute atomic E-state index is 11.9. The van der Waals surface area contributed by atoms with Crippen LogP contribution in [0.15, 0.2) is 36.5 Å². The maximum atomic E-state index is 11.9. The summed E-state index contributed by atoms with van der Waals surface area (Å²) in [6, 6.07) is 6.69. The number of carbonyl (C=O) groups excluding carboxylic acids is 2. The molecule has 1 aliphatic heterocycles. The van der Waals surface area contributed by atoms with Gasteiger partial charge in [-0.25, -0.2) is 4.79 Å². The first-order chi connectivity index (χ1) is 8.39. The Labute approximate surface area is 106 Å². The van der Waals surface area contributed by atoms with Crippen LogP contribution < -0.4 is 4.90 Å². The van der Waals surface area contributed by atoms with Crippen LogP contribution in [-0.4, -0.2) is 19.0 Å². The molecular weight excluding hydrogens is 230 g/mol. The van der Waals surface area contributed by atoms with E-state index in [0.717, 1.165) is 11.4 Å². The van der Waals surface area contributed by atoms with Gasteiger partial charge in [-0.1, -0.05) is 6.58 Å². The average molecular weight is 245 g/mol. The number of methoxy groups -OCH3 is 1. The number of hydrogen-bond acceptors (Lipinski definition) is 3. The molecule has 1 aromatic carbocycles. The smallest absolute Gasteiger partial charge is 0.337 e. The lowest BCUT2D eigenvalue weighted by molar-refractivity contribution is -0.129. The molecule has 1 aliphatic rings. The van der Waals surface area contributed by atoms with Crippen LogP contribution in [-0.2, 0) is 9.53 Å². The van der Waals surface area contributed by atoms with E-state index in [1.165, 1.54) is 7.11 Å². The zero-order valence-electron chi connectivity index (χ0n) is 10.7. The van der Waals surface area contributed by atoms with Crippen LogP contribution in [0.5, 0.6) is 0 Å². The molecule has 0 saturated carbocycles. The molecule has 1 aromatic rings. The number of β-lactam (4-membered cyclic amide) rings is 1. The lowest BCUT2D eigenvalue weighted by Gasteiger charge is -2.46. The van der Waals surface area contributed by atoms with Gasteiger partial charge in [0.2, 0.25) is 5.91 Å². The van der Waals surface area contributed by atoms with Gasteiger partial charge in [0.05, 0.1) is 18.1 Å². The quantitative estimate of drug-likeness (QED) is 0.593. The molecule has 0 N–H and O–H groups in total. The summed E-state index contributed by atoms with van der Waals surface area (Å²) in [6.07, 6.45) is 0. The third-order valence-corrected chi connectivity index (χ3v) is 3.28. The van der Waals surface area contributed by atoms with Crippen molar-refractivity contribution in [3.63, 3.8) is 0 Å². The highest BCUT2D eigenvalue weighted by Crippen LogP contribution is 2.43. The maximum Gasteiger partial charge on any atom is 0.337 e. The van der Waals surface area contributed by atoms with Crippen molar-refractivity contribution in [3.05, 3.63) is 42.1 Å². The van der Waals surface area contributed by atoms with Crippen molar-refractivity contribution >= 4 is 17.6 Å². The fourth-order valence-corrected chi connectivity index (χ4v) is 1.89. The fraction of sp³-hybridized carbons (Fsp3) is 0.286. The molecule has 2 rings (SSSR count). The highest BCUT2D eigenvalue weighted by Gasteiger charge is 2.49. The minimum Gasteiger partial charge on any atom is -0.465 e. The number of amides is 1.